The molecule has 412 valence electrons. The number of aliphatic hydroxyl groups excluding tert-OH is 1. The fourth-order valence-corrected chi connectivity index (χ4v) is 9.05. The van der Waals surface area contributed by atoms with Crippen molar-refractivity contribution >= 4 is 64.9 Å². The van der Waals surface area contributed by atoms with Crippen molar-refractivity contribution in [2.24, 2.45) is 17.6 Å². The van der Waals surface area contributed by atoms with E-state index in [-0.39, 0.29) is 43.5 Å². The van der Waals surface area contributed by atoms with Gasteiger partial charge in [0.05, 0.1) is 24.7 Å². The van der Waals surface area contributed by atoms with Crippen LogP contribution in [0.5, 0.6) is 0 Å². The lowest BCUT2D eigenvalue weighted by molar-refractivity contribution is -0.160. The van der Waals surface area contributed by atoms with Crippen LogP contribution in [0.25, 0.3) is 0 Å². The van der Waals surface area contributed by atoms with E-state index in [2.05, 4.69) is 31.9 Å². The molecule has 3 fully saturated rings. The molecule has 4 rings (SSSR count). The summed E-state index contributed by atoms with van der Waals surface area (Å²) < 4.78 is 11.1. The highest BCUT2D eigenvalue weighted by molar-refractivity contribution is 6.07. The zero-order chi connectivity index (χ0) is 55.7. The highest BCUT2D eigenvalue weighted by Gasteiger charge is 2.46. The second kappa shape index (κ2) is 28.6. The number of ketones is 1. The van der Waals surface area contributed by atoms with Crippen LogP contribution in [0.15, 0.2) is 53.8 Å². The minimum Gasteiger partial charge on any atom is -0.458 e. The van der Waals surface area contributed by atoms with E-state index in [0.717, 1.165) is 4.90 Å². The largest absolute Gasteiger partial charge is 0.458 e. The Morgan fingerprint density at radius 1 is 0.893 bits per heavy atom. The summed E-state index contributed by atoms with van der Waals surface area (Å²) in [5.74, 6) is -11.6. The fraction of sp³-hybridized carbons (Fsp3) is 0.596. The van der Waals surface area contributed by atoms with Crippen molar-refractivity contribution in [3.05, 3.63) is 59.3 Å². The maximum Gasteiger partial charge on any atom is 0.329 e. The molecule has 9 amide bonds. The Bertz CT molecular complexity index is 2340. The molecular weight excluding hydrogens is 975 g/mol. The number of carbonyl (C=O) groups is 11. The highest BCUT2D eigenvalue weighted by atomic mass is 16.5. The van der Waals surface area contributed by atoms with Crippen LogP contribution in [-0.4, -0.2) is 161 Å². The van der Waals surface area contributed by atoms with Crippen LogP contribution < -0.4 is 37.6 Å². The minimum absolute atomic E-state index is 0.0754. The first-order valence-corrected chi connectivity index (χ1v) is 25.6. The van der Waals surface area contributed by atoms with Gasteiger partial charge in [-0.25, -0.2) is 4.79 Å². The van der Waals surface area contributed by atoms with Crippen molar-refractivity contribution in [2.75, 3.05) is 26.8 Å². The van der Waals surface area contributed by atoms with Gasteiger partial charge in [-0.2, -0.15) is 0 Å². The van der Waals surface area contributed by atoms with Gasteiger partial charge in [0.1, 0.15) is 48.1 Å². The number of hydrogen-bond acceptors (Lipinski definition) is 14. The number of esters is 1. The van der Waals surface area contributed by atoms with E-state index < -0.39 is 151 Å². The second-order valence-electron chi connectivity index (χ2n) is 19.3. The van der Waals surface area contributed by atoms with Crippen molar-refractivity contribution in [2.45, 2.75) is 161 Å². The molecule has 0 aliphatic carbocycles. The smallest absolute Gasteiger partial charge is 0.329 e. The molecule has 3 aliphatic heterocycles. The molecule has 3 heterocycles. The predicted molar refractivity (Wildman–Crippen MR) is 271 cm³/mol. The van der Waals surface area contributed by atoms with E-state index in [9.17, 15) is 57.8 Å². The molecule has 0 bridgehead atoms. The Morgan fingerprint density at radius 3 is 2.19 bits per heavy atom. The topological polar surface area (TPSA) is 331 Å². The molecule has 0 spiro atoms. The number of aliphatic hydroxyl groups is 1. The van der Waals surface area contributed by atoms with E-state index in [1.54, 1.807) is 50.3 Å². The third-order valence-electron chi connectivity index (χ3n) is 13.7. The minimum atomic E-state index is -1.72. The van der Waals surface area contributed by atoms with Gasteiger partial charge in [-0.15, -0.1) is 0 Å². The number of nitrogens with one attached hydrogen (secondary N) is 6. The average Bonchev–Trinajstić information content (AvgIpc) is 4.05. The molecule has 0 aromatic heterocycles. The first-order valence-electron chi connectivity index (χ1n) is 25.6. The van der Waals surface area contributed by atoms with Crippen LogP contribution in [0.1, 0.15) is 105 Å². The molecule has 0 saturated carbocycles. The van der Waals surface area contributed by atoms with Crippen molar-refractivity contribution in [3.8, 4) is 0 Å². The molecular formula is C52H75N9O14. The lowest BCUT2D eigenvalue weighted by atomic mass is 9.93. The molecule has 2 unspecified atom stereocenters. The van der Waals surface area contributed by atoms with E-state index in [1.807, 2.05) is 6.92 Å². The van der Waals surface area contributed by atoms with Crippen LogP contribution in [0.2, 0.25) is 0 Å². The molecule has 23 nitrogen and oxygen atoms in total. The van der Waals surface area contributed by atoms with Gasteiger partial charge in [0, 0.05) is 38.6 Å². The van der Waals surface area contributed by atoms with Crippen molar-refractivity contribution in [1.82, 2.24) is 41.7 Å². The number of amides is 9. The number of benzene rings is 1. The maximum atomic E-state index is 14.5. The third-order valence-corrected chi connectivity index (χ3v) is 13.7. The molecule has 3 saturated heterocycles. The van der Waals surface area contributed by atoms with E-state index in [1.165, 1.54) is 45.8 Å². The highest BCUT2D eigenvalue weighted by Crippen LogP contribution is 2.25. The van der Waals surface area contributed by atoms with Crippen LogP contribution in [-0.2, 0) is 68.6 Å². The molecule has 11 atom stereocenters. The normalized spacial score (nSPS) is 28.5. The summed E-state index contributed by atoms with van der Waals surface area (Å²) in [4.78, 5) is 156. The van der Waals surface area contributed by atoms with Crippen LogP contribution in [0.4, 0.5) is 0 Å². The summed E-state index contributed by atoms with van der Waals surface area (Å²) >= 11 is 0. The van der Waals surface area contributed by atoms with Crippen molar-refractivity contribution in [3.63, 3.8) is 0 Å². The number of fused-ring (bicyclic) bond motifs is 2. The van der Waals surface area contributed by atoms with E-state index >= 15 is 0 Å². The number of unbranched alkanes of at least 4 members (excludes halogenated alkanes) is 1. The lowest BCUT2D eigenvalue weighted by Crippen LogP contribution is -2.61. The molecule has 0 radical (unpaired) electrons. The Kier molecular flexibility index (Phi) is 23.1. The number of nitrogens with two attached hydrogens (primary N) is 1. The summed E-state index contributed by atoms with van der Waals surface area (Å²) in [6.45, 7) is 10.1. The monoisotopic (exact) mass is 1050 g/mol. The zero-order valence-electron chi connectivity index (χ0n) is 44.1. The molecule has 1 aromatic carbocycles. The number of cyclic esters (lactones) is 1. The quantitative estimate of drug-likeness (QED) is 0.0701. The Labute approximate surface area is 437 Å². The molecule has 75 heavy (non-hydrogen) atoms. The molecule has 23 heteroatoms. The number of Topliss-reactive ketones (excluding diaryl/α,β-unsaturated/α-hetero) is 1. The van der Waals surface area contributed by atoms with Crippen molar-refractivity contribution < 1.29 is 67.3 Å². The van der Waals surface area contributed by atoms with Gasteiger partial charge in [-0.05, 0) is 71.3 Å². The number of rotatable bonds is 13. The summed E-state index contributed by atoms with van der Waals surface area (Å²) in [5, 5.41) is 26.5. The number of allylic oxidation sites excluding steroid dienone is 2. The number of ether oxygens (including phenoxy) is 2. The Balaban J connectivity index is 1.85. The number of nitrogens with zero attached hydrogens (tertiary/aromatic N) is 2. The number of carbonyl (C=O) groups excluding carboxylic acids is 11. The number of hydrogen-bond donors (Lipinski definition) is 8. The summed E-state index contributed by atoms with van der Waals surface area (Å²) in [7, 11) is 1.25. The van der Waals surface area contributed by atoms with Gasteiger partial charge in [0.25, 0.3) is 5.91 Å². The van der Waals surface area contributed by atoms with Gasteiger partial charge < -0.3 is 62.0 Å². The molecule has 1 aromatic rings. The van der Waals surface area contributed by atoms with Gasteiger partial charge in [-0.1, -0.05) is 76.1 Å². The van der Waals surface area contributed by atoms with Crippen molar-refractivity contribution in [1.29, 1.82) is 0 Å². The summed E-state index contributed by atoms with van der Waals surface area (Å²) in [6.07, 6.45) is 0.909. The van der Waals surface area contributed by atoms with E-state index in [4.69, 9.17) is 15.2 Å². The average molecular weight is 1050 g/mol. The van der Waals surface area contributed by atoms with E-state index in [0.29, 0.717) is 31.2 Å². The van der Waals surface area contributed by atoms with Gasteiger partial charge in [0.2, 0.25) is 47.3 Å². The molecule has 3 aliphatic rings. The van der Waals surface area contributed by atoms with Gasteiger partial charge in [0.15, 0.2) is 5.78 Å². The first kappa shape index (κ1) is 60.5. The van der Waals surface area contributed by atoms with Crippen LogP contribution >= 0.6 is 0 Å². The Morgan fingerprint density at radius 2 is 1.56 bits per heavy atom. The fourth-order valence-electron chi connectivity index (χ4n) is 9.05. The number of primary amides is 1. The van der Waals surface area contributed by atoms with Gasteiger partial charge in [-0.3, -0.25) is 47.9 Å². The predicted octanol–water partition coefficient (Wildman–Crippen LogP) is -0.519. The van der Waals surface area contributed by atoms with Crippen LogP contribution in [0, 0.1) is 11.8 Å². The van der Waals surface area contributed by atoms with Gasteiger partial charge >= 0.3 is 5.97 Å². The van der Waals surface area contributed by atoms with Crippen LogP contribution in [0.3, 0.4) is 0 Å². The lowest BCUT2D eigenvalue weighted by Gasteiger charge is -2.32. The zero-order valence-corrected chi connectivity index (χ0v) is 44.1. The Hall–Kier alpha value is -7.01. The standard InChI is InChI=1S/C52H75N9O14/c1-9-12-17-29(5)44(65)59-42-31(7)75-52(73)39-25-33(62)26-61(39)51(72)35(21-22-40(53)63)55-48(69)41(28(4)10-2)58-45(66)34(11-3)54-47(68)38-20-16-23-60(38)50(71)30(6)43(64)36(24-32-18-14-13-15-19-32)56-46(67)37(27-74-8)57-49(42)70/h11,13-15,17-19,28,30-31,33,35-39,41-42,62H,9-10,12,16,20-27H2,1-8H3,(H2,53,63)(H,54,68)(H,55,69)(H,56,67)(H,57,70)(H,58,66)(H,59,65)/b29-17-,34-11+/t28-,30?,31-,33+,35-,36?,37-,38-,39-,41-,42+/m0/s1. The number of methoxy groups -OCH3 is 1. The first-order chi connectivity index (χ1) is 35.6. The third kappa shape index (κ3) is 16.5. The second-order valence-corrected chi connectivity index (χ2v) is 19.3. The summed E-state index contributed by atoms with van der Waals surface area (Å²) in [6, 6.07) is -1.63. The molecule has 9 N–H and O–H groups in total. The summed E-state index contributed by atoms with van der Waals surface area (Å²) in [5.41, 5.74) is 6.00. The SMILES string of the molecule is C/C=C1/NC(=O)[C@@H]2CCCN2C(=O)C(C)C(=O)C(Cc2ccccc2)NC(=O)[C@H](COC)NC(=O)[C@H](NC(=O)/C(C)=C\CCC)[C@H](C)OC(=O)[C@@H]2C[C@@H](O)CN2C(=O)[C@H](CCC(N)=O)NC(=O)[C@H]([C@@H](C)CC)NC1=O. The maximum absolute atomic E-state index is 14.5.